The van der Waals surface area contributed by atoms with E-state index in [4.69, 9.17) is 0 Å². The molecule has 2 aliphatic heterocycles. The molecule has 0 fully saturated rings. The van der Waals surface area contributed by atoms with Crippen LogP contribution in [-0.2, 0) is 48.0 Å². The summed E-state index contributed by atoms with van der Waals surface area (Å²) < 4.78 is 25.8. The third kappa shape index (κ3) is 5.52. The highest BCUT2D eigenvalue weighted by atomic mass is 32.2. The van der Waals surface area contributed by atoms with Crippen LogP contribution < -0.4 is 0 Å². The molecule has 2 atom stereocenters. The Morgan fingerprint density at radius 3 is 1.70 bits per heavy atom. The van der Waals surface area contributed by atoms with E-state index in [1.165, 1.54) is 44.5 Å². The van der Waals surface area contributed by atoms with Crippen LogP contribution in [0.1, 0.15) is 97.9 Å². The summed E-state index contributed by atoms with van der Waals surface area (Å²) >= 11 is -2.06. The Morgan fingerprint density at radius 1 is 0.625 bits per heavy atom. The van der Waals surface area contributed by atoms with Crippen molar-refractivity contribution < 1.29 is 9.11 Å². The van der Waals surface area contributed by atoms with Gasteiger partial charge in [-0.15, -0.1) is 0 Å². The number of aryl methyl sites for hydroxylation is 2. The van der Waals surface area contributed by atoms with E-state index >= 15 is 0 Å². The van der Waals surface area contributed by atoms with Crippen LogP contribution >= 0.6 is 0 Å². The minimum Gasteiger partial charge on any atom is -0.606 e. The van der Waals surface area contributed by atoms with Gasteiger partial charge in [0.25, 0.3) is 0 Å². The number of hydrogen-bond donors (Lipinski definition) is 0. The Kier molecular flexibility index (Phi) is 8.82. The van der Waals surface area contributed by atoms with E-state index in [0.717, 1.165) is 45.3 Å². The quantitative estimate of drug-likeness (QED) is 0.231. The molecule has 0 spiro atoms. The lowest BCUT2D eigenvalue weighted by Crippen LogP contribution is -2.18. The molecule has 0 bridgehead atoms. The van der Waals surface area contributed by atoms with Gasteiger partial charge in [-0.05, 0) is 47.9 Å². The number of fused-ring (bicyclic) bond motifs is 4. The molecule has 0 saturated carbocycles. The maximum absolute atomic E-state index is 13.0. The lowest BCUT2D eigenvalue weighted by molar-refractivity contribution is 0.587. The molecule has 208 valence electrons. The largest absolute Gasteiger partial charge is 0.606 e. The van der Waals surface area contributed by atoms with Gasteiger partial charge in [0.1, 0.15) is 0 Å². The second-order valence-electron chi connectivity index (χ2n) is 11.5. The molecule has 4 aromatic rings. The number of rotatable bonds is 4. The van der Waals surface area contributed by atoms with Crippen LogP contribution in [0.5, 0.6) is 0 Å². The van der Waals surface area contributed by atoms with Crippen LogP contribution in [0.15, 0.2) is 92.4 Å². The van der Waals surface area contributed by atoms with Gasteiger partial charge in [-0.2, -0.15) is 0 Å². The molecule has 40 heavy (non-hydrogen) atoms. The van der Waals surface area contributed by atoms with Gasteiger partial charge >= 0.3 is 0 Å². The molecule has 2 aliphatic rings. The fourth-order valence-electron chi connectivity index (χ4n) is 5.81. The van der Waals surface area contributed by atoms with Crippen LogP contribution in [0.25, 0.3) is 0 Å². The Balaban J connectivity index is 0.000000162. The van der Waals surface area contributed by atoms with Crippen molar-refractivity contribution in [1.82, 2.24) is 0 Å². The van der Waals surface area contributed by atoms with Gasteiger partial charge in [0.2, 0.25) is 0 Å². The fourth-order valence-corrected chi connectivity index (χ4v) is 9.10. The maximum atomic E-state index is 13.0. The van der Waals surface area contributed by atoms with Crippen molar-refractivity contribution >= 4 is 22.4 Å². The van der Waals surface area contributed by atoms with Crippen molar-refractivity contribution in [2.45, 2.75) is 98.6 Å². The summed E-state index contributed by atoms with van der Waals surface area (Å²) in [5, 5.41) is 0. The Morgan fingerprint density at radius 2 is 1.18 bits per heavy atom. The Bertz CT molecular complexity index is 1520. The Labute approximate surface area is 246 Å². The summed E-state index contributed by atoms with van der Waals surface area (Å²) in [6.45, 7) is 13.1. The summed E-state index contributed by atoms with van der Waals surface area (Å²) in [7, 11) is 0. The van der Waals surface area contributed by atoms with E-state index in [0.29, 0.717) is 11.8 Å². The average Bonchev–Trinajstić information content (AvgIpc) is 2.96. The monoisotopic (exact) mass is 568 g/mol. The van der Waals surface area contributed by atoms with Gasteiger partial charge in [0, 0.05) is 68.6 Å². The summed E-state index contributed by atoms with van der Waals surface area (Å²) in [4.78, 5) is 4.12. The first kappa shape index (κ1) is 29.0. The summed E-state index contributed by atoms with van der Waals surface area (Å²) in [5.41, 5.74) is 10.1. The van der Waals surface area contributed by atoms with E-state index in [2.05, 4.69) is 77.9 Å². The van der Waals surface area contributed by atoms with Crippen molar-refractivity contribution in [1.29, 1.82) is 0 Å². The second kappa shape index (κ2) is 12.2. The van der Waals surface area contributed by atoms with Crippen molar-refractivity contribution in [3.05, 3.63) is 117 Å². The topological polar surface area (TPSA) is 46.1 Å². The Hall–Kier alpha value is -2.50. The van der Waals surface area contributed by atoms with Gasteiger partial charge < -0.3 is 9.11 Å². The van der Waals surface area contributed by atoms with Gasteiger partial charge in [-0.3, -0.25) is 0 Å². The van der Waals surface area contributed by atoms with E-state index in [-0.39, 0.29) is 0 Å². The molecular weight excluding hydrogens is 529 g/mol. The molecule has 4 heteroatoms. The van der Waals surface area contributed by atoms with E-state index in [1.54, 1.807) is 0 Å². The smallest absolute Gasteiger partial charge is 0.165 e. The molecule has 0 saturated heterocycles. The zero-order valence-electron chi connectivity index (χ0n) is 24.5. The molecule has 0 aromatic heterocycles. The van der Waals surface area contributed by atoms with Gasteiger partial charge in [-0.1, -0.05) is 102 Å². The number of benzene rings is 4. The van der Waals surface area contributed by atoms with E-state index in [9.17, 15) is 9.11 Å². The standard InChI is InChI=1S/C19H22OS.C17H18OS/c1-12(2)15-10-16-9-14-7-5-6-8-18(14)21(20)19(16)17(11-15)13(3)4;1-3-12-9-13(4-2)17-15(10-12)11-14-7-5-6-8-16(14)19(17)18/h5-8,10-13H,9H2,1-4H3;5-10H,3-4,11H2,1-2H3. The van der Waals surface area contributed by atoms with Crippen molar-refractivity contribution in [2.24, 2.45) is 0 Å². The van der Waals surface area contributed by atoms with Crippen LogP contribution in [0.3, 0.4) is 0 Å². The zero-order chi connectivity index (χ0) is 28.6. The van der Waals surface area contributed by atoms with Crippen molar-refractivity contribution in [2.75, 3.05) is 0 Å². The van der Waals surface area contributed by atoms with Crippen LogP contribution in [-0.4, -0.2) is 9.11 Å². The molecule has 2 unspecified atom stereocenters. The second-order valence-corrected chi connectivity index (χ2v) is 14.2. The summed E-state index contributed by atoms with van der Waals surface area (Å²) in [5.74, 6) is 0.894. The molecule has 6 rings (SSSR count). The van der Waals surface area contributed by atoms with E-state index in [1.807, 2.05) is 36.4 Å². The third-order valence-corrected chi connectivity index (χ3v) is 11.4. The highest BCUT2D eigenvalue weighted by Gasteiger charge is 2.33. The minimum atomic E-state index is -1.04. The molecule has 0 radical (unpaired) electrons. The molecule has 2 heterocycles. The fraction of sp³-hybridized carbons (Fsp3) is 0.333. The summed E-state index contributed by atoms with van der Waals surface area (Å²) in [6.07, 6.45) is 3.80. The molecule has 0 amide bonds. The zero-order valence-corrected chi connectivity index (χ0v) is 26.2. The molecule has 0 aliphatic carbocycles. The van der Waals surface area contributed by atoms with Gasteiger partial charge in [-0.25, -0.2) is 0 Å². The SMILES string of the molecule is CC(C)c1cc2c(c(C(C)C)c1)[S+]([O-])c1ccccc1C2.CCc1cc(CC)c2c(c1)Cc1ccccc1[S+]2[O-]. The molecular formula is C36H40O2S2. The highest BCUT2D eigenvalue weighted by molar-refractivity contribution is 7.92. The molecule has 4 aromatic carbocycles. The lowest BCUT2D eigenvalue weighted by Gasteiger charge is -2.26. The van der Waals surface area contributed by atoms with E-state index < -0.39 is 22.4 Å². The normalized spacial score (nSPS) is 16.9. The predicted octanol–water partition coefficient (Wildman–Crippen LogP) is 8.89. The maximum Gasteiger partial charge on any atom is 0.165 e. The first-order valence-electron chi connectivity index (χ1n) is 14.5. The van der Waals surface area contributed by atoms with Gasteiger partial charge in [0.05, 0.1) is 0 Å². The highest BCUT2D eigenvalue weighted by Crippen LogP contribution is 2.41. The minimum absolute atomic E-state index is 0.395. The first-order chi connectivity index (χ1) is 19.2. The number of hydrogen-bond acceptors (Lipinski definition) is 2. The van der Waals surface area contributed by atoms with Crippen LogP contribution in [0.4, 0.5) is 0 Å². The average molecular weight is 569 g/mol. The molecule has 0 N–H and O–H groups in total. The van der Waals surface area contributed by atoms with Gasteiger partial charge in [0.15, 0.2) is 19.6 Å². The van der Waals surface area contributed by atoms with Crippen molar-refractivity contribution in [3.8, 4) is 0 Å². The summed E-state index contributed by atoms with van der Waals surface area (Å²) in [6, 6.07) is 25.2. The predicted molar refractivity (Wildman–Crippen MR) is 168 cm³/mol. The first-order valence-corrected chi connectivity index (χ1v) is 16.8. The third-order valence-electron chi connectivity index (χ3n) is 8.07. The lowest BCUT2D eigenvalue weighted by atomic mass is 9.90. The van der Waals surface area contributed by atoms with Crippen LogP contribution in [0, 0.1) is 0 Å². The van der Waals surface area contributed by atoms with Crippen molar-refractivity contribution in [3.63, 3.8) is 0 Å². The molecule has 2 nitrogen and oxygen atoms in total. The van der Waals surface area contributed by atoms with Crippen LogP contribution in [0.2, 0.25) is 0 Å².